The summed E-state index contributed by atoms with van der Waals surface area (Å²) in [4.78, 5) is 3.92. The second-order valence-electron chi connectivity index (χ2n) is 5.21. The zero-order valence-corrected chi connectivity index (χ0v) is 15.1. The van der Waals surface area contributed by atoms with Crippen molar-refractivity contribution >= 4 is 28.5 Å². The molecule has 1 unspecified atom stereocenters. The molecule has 2 N–H and O–H groups in total. The predicted octanol–water partition coefficient (Wildman–Crippen LogP) is 3.97. The van der Waals surface area contributed by atoms with Crippen LogP contribution in [-0.2, 0) is 11.0 Å². The SMILES string of the molecule is C=C/C(=C\C=NC)c1[nH]ncc1-c1cccc(NS(=O)CCC)c1F. The second kappa shape index (κ2) is 9.08. The number of halogens is 1. The van der Waals surface area contributed by atoms with E-state index in [4.69, 9.17) is 0 Å². The van der Waals surface area contributed by atoms with Gasteiger partial charge in [0.2, 0.25) is 0 Å². The van der Waals surface area contributed by atoms with Gasteiger partial charge in [-0.15, -0.1) is 0 Å². The molecular weight excluding hydrogens is 339 g/mol. The molecular formula is C18H21FN4OS. The van der Waals surface area contributed by atoms with E-state index in [9.17, 15) is 8.60 Å². The normalized spacial score (nSPS) is 13.2. The van der Waals surface area contributed by atoms with Crippen molar-refractivity contribution in [3.8, 4) is 11.1 Å². The van der Waals surface area contributed by atoms with Crippen LogP contribution in [0.25, 0.3) is 16.7 Å². The zero-order chi connectivity index (χ0) is 18.2. The van der Waals surface area contributed by atoms with Gasteiger partial charge in [-0.25, -0.2) is 8.60 Å². The van der Waals surface area contributed by atoms with Crippen molar-refractivity contribution in [3.63, 3.8) is 0 Å². The molecule has 2 aromatic rings. The van der Waals surface area contributed by atoms with Crippen LogP contribution in [0.5, 0.6) is 0 Å². The van der Waals surface area contributed by atoms with Gasteiger partial charge in [-0.3, -0.25) is 10.1 Å². The lowest BCUT2D eigenvalue weighted by Gasteiger charge is -2.10. The maximum Gasteiger partial charge on any atom is 0.155 e. The largest absolute Gasteiger partial charge is 0.302 e. The number of anilines is 1. The Kier molecular flexibility index (Phi) is 6.82. The van der Waals surface area contributed by atoms with Gasteiger partial charge in [-0.1, -0.05) is 31.7 Å². The molecule has 25 heavy (non-hydrogen) atoms. The molecule has 0 bridgehead atoms. The molecule has 0 amide bonds. The molecule has 1 aromatic carbocycles. The van der Waals surface area contributed by atoms with Gasteiger partial charge in [0, 0.05) is 35.7 Å². The summed E-state index contributed by atoms with van der Waals surface area (Å²) in [6.45, 7) is 5.70. The average molecular weight is 360 g/mol. The molecule has 0 aliphatic carbocycles. The molecule has 0 spiro atoms. The lowest BCUT2D eigenvalue weighted by atomic mass is 10.0. The first-order chi connectivity index (χ1) is 12.1. The smallest absolute Gasteiger partial charge is 0.155 e. The molecule has 0 aliphatic heterocycles. The van der Waals surface area contributed by atoms with E-state index in [0.717, 1.165) is 12.0 Å². The van der Waals surface area contributed by atoms with Gasteiger partial charge < -0.3 is 4.72 Å². The monoisotopic (exact) mass is 360 g/mol. The van der Waals surface area contributed by atoms with Gasteiger partial charge in [-0.2, -0.15) is 5.10 Å². The number of aromatic nitrogens is 2. The number of hydrogen-bond acceptors (Lipinski definition) is 3. The highest BCUT2D eigenvalue weighted by Crippen LogP contribution is 2.32. The van der Waals surface area contributed by atoms with Crippen LogP contribution in [0.15, 0.2) is 48.1 Å². The fourth-order valence-corrected chi connectivity index (χ4v) is 3.17. The Morgan fingerprint density at radius 1 is 1.48 bits per heavy atom. The first-order valence-electron chi connectivity index (χ1n) is 7.84. The molecule has 132 valence electrons. The zero-order valence-electron chi connectivity index (χ0n) is 14.3. The van der Waals surface area contributed by atoms with Crippen LogP contribution in [0, 0.1) is 5.82 Å². The Hall–Kier alpha value is -2.54. The lowest BCUT2D eigenvalue weighted by molar-refractivity contribution is 0.635. The quantitative estimate of drug-likeness (QED) is 0.552. The van der Waals surface area contributed by atoms with Crippen molar-refractivity contribution in [3.05, 3.63) is 54.6 Å². The molecule has 1 heterocycles. The molecule has 0 saturated heterocycles. The molecule has 0 radical (unpaired) electrons. The maximum absolute atomic E-state index is 14.9. The Labute approximate surface area is 149 Å². The number of rotatable bonds is 8. The summed E-state index contributed by atoms with van der Waals surface area (Å²) in [6.07, 6.45) is 7.35. The Morgan fingerprint density at radius 3 is 2.96 bits per heavy atom. The maximum atomic E-state index is 14.9. The number of nitrogens with one attached hydrogen (secondary N) is 2. The van der Waals surface area contributed by atoms with Gasteiger partial charge in [0.05, 0.1) is 17.6 Å². The summed E-state index contributed by atoms with van der Waals surface area (Å²) in [5.41, 5.74) is 2.54. The van der Waals surface area contributed by atoms with E-state index in [-0.39, 0.29) is 5.69 Å². The van der Waals surface area contributed by atoms with Gasteiger partial charge in [0.15, 0.2) is 5.82 Å². The molecule has 0 saturated carbocycles. The second-order valence-corrected chi connectivity index (χ2v) is 6.51. The van der Waals surface area contributed by atoms with Crippen LogP contribution in [0.1, 0.15) is 19.0 Å². The van der Waals surface area contributed by atoms with Crippen LogP contribution in [0.4, 0.5) is 10.1 Å². The standard InChI is InChI=1S/C18H21FN4OS/c1-4-11-25(24)23-16-8-6-7-14(17(16)19)15-12-21-22-18(15)13(5-2)9-10-20-3/h5-10,12,23H,2,4,11H2,1,3H3,(H,21,22)/b13-9+,20-10?. The van der Waals surface area contributed by atoms with Crippen molar-refractivity contribution in [2.24, 2.45) is 4.99 Å². The van der Waals surface area contributed by atoms with Crippen LogP contribution < -0.4 is 4.72 Å². The van der Waals surface area contributed by atoms with E-state index < -0.39 is 16.8 Å². The number of benzene rings is 1. The molecule has 0 fully saturated rings. The van der Waals surface area contributed by atoms with E-state index in [1.165, 1.54) is 0 Å². The lowest BCUT2D eigenvalue weighted by Crippen LogP contribution is -2.09. The molecule has 1 aromatic heterocycles. The minimum Gasteiger partial charge on any atom is -0.302 e. The summed E-state index contributed by atoms with van der Waals surface area (Å²) in [5, 5.41) is 6.91. The van der Waals surface area contributed by atoms with E-state index in [1.807, 2.05) is 6.92 Å². The van der Waals surface area contributed by atoms with Crippen molar-refractivity contribution < 1.29 is 8.60 Å². The highest BCUT2D eigenvalue weighted by molar-refractivity contribution is 7.86. The van der Waals surface area contributed by atoms with Gasteiger partial charge >= 0.3 is 0 Å². The van der Waals surface area contributed by atoms with Crippen molar-refractivity contribution in [2.45, 2.75) is 13.3 Å². The summed E-state index contributed by atoms with van der Waals surface area (Å²) >= 11 is 0. The van der Waals surface area contributed by atoms with E-state index >= 15 is 0 Å². The third-order valence-electron chi connectivity index (χ3n) is 3.45. The number of hydrogen-bond donors (Lipinski definition) is 2. The highest BCUT2D eigenvalue weighted by Gasteiger charge is 2.17. The van der Waals surface area contributed by atoms with Crippen LogP contribution in [-0.4, -0.2) is 33.4 Å². The average Bonchev–Trinajstić information content (AvgIpc) is 3.07. The molecule has 7 heteroatoms. The summed E-state index contributed by atoms with van der Waals surface area (Å²) in [7, 11) is 0.348. The summed E-state index contributed by atoms with van der Waals surface area (Å²) in [5.74, 6) is -0.0115. The Bertz CT molecular complexity index is 826. The topological polar surface area (TPSA) is 70.1 Å². The van der Waals surface area contributed by atoms with Crippen LogP contribution in [0.3, 0.4) is 0 Å². The van der Waals surface area contributed by atoms with E-state index in [1.54, 1.807) is 49.8 Å². The van der Waals surface area contributed by atoms with Crippen molar-refractivity contribution in [1.82, 2.24) is 10.2 Å². The molecule has 2 rings (SSSR count). The Morgan fingerprint density at radius 2 is 2.28 bits per heavy atom. The highest BCUT2D eigenvalue weighted by atomic mass is 32.2. The molecule has 5 nitrogen and oxygen atoms in total. The van der Waals surface area contributed by atoms with E-state index in [0.29, 0.717) is 22.6 Å². The first kappa shape index (κ1) is 18.8. The Balaban J connectivity index is 2.46. The fourth-order valence-electron chi connectivity index (χ4n) is 2.30. The minimum atomic E-state index is -1.31. The summed E-state index contributed by atoms with van der Waals surface area (Å²) < 4.78 is 29.5. The van der Waals surface area contributed by atoms with Gasteiger partial charge in [0.25, 0.3) is 0 Å². The first-order valence-corrected chi connectivity index (χ1v) is 9.16. The number of allylic oxidation sites excluding steroid dienone is 3. The number of aromatic amines is 1. The molecule has 1 atom stereocenters. The van der Waals surface area contributed by atoms with Crippen LogP contribution >= 0.6 is 0 Å². The minimum absolute atomic E-state index is 0.204. The number of nitrogens with zero attached hydrogens (tertiary/aromatic N) is 2. The van der Waals surface area contributed by atoms with E-state index in [2.05, 4.69) is 26.5 Å². The number of H-pyrrole nitrogens is 1. The van der Waals surface area contributed by atoms with Crippen LogP contribution in [0.2, 0.25) is 0 Å². The molecule has 0 aliphatic rings. The third kappa shape index (κ3) is 4.51. The number of aliphatic imine (C=N–C) groups is 1. The van der Waals surface area contributed by atoms with Gasteiger partial charge in [0.1, 0.15) is 11.0 Å². The van der Waals surface area contributed by atoms with Crippen molar-refractivity contribution in [2.75, 3.05) is 17.5 Å². The van der Waals surface area contributed by atoms with Gasteiger partial charge in [-0.05, 0) is 18.6 Å². The van der Waals surface area contributed by atoms with Crippen molar-refractivity contribution in [1.29, 1.82) is 0 Å². The predicted molar refractivity (Wildman–Crippen MR) is 103 cm³/mol. The third-order valence-corrected chi connectivity index (χ3v) is 4.68. The fraction of sp³-hybridized carbons (Fsp3) is 0.222. The summed E-state index contributed by atoms with van der Waals surface area (Å²) in [6, 6.07) is 4.94.